The van der Waals surface area contributed by atoms with Gasteiger partial charge >= 0.3 is 5.97 Å². The van der Waals surface area contributed by atoms with Crippen LogP contribution in [0.2, 0.25) is 0 Å². The molecule has 5 rings (SSSR count). The van der Waals surface area contributed by atoms with Crippen LogP contribution in [0.25, 0.3) is 22.3 Å². The SMILES string of the molecule is COC(=O)C[C@@H]1C[C@@H](C(O)c2ccc(-c3ccc(C#N)cc3)cc2)N(Cc2ccc(-c3ccccc3)cc2)C1=O. The molecule has 1 N–H and O–H groups in total. The fourth-order valence-corrected chi connectivity index (χ4v) is 5.33. The van der Waals surface area contributed by atoms with Gasteiger partial charge in [0.1, 0.15) is 0 Å². The lowest BCUT2D eigenvalue weighted by atomic mass is 9.94. The van der Waals surface area contributed by atoms with E-state index in [0.717, 1.165) is 27.8 Å². The van der Waals surface area contributed by atoms with Crippen molar-refractivity contribution in [1.29, 1.82) is 5.26 Å². The van der Waals surface area contributed by atoms with E-state index in [1.54, 1.807) is 17.0 Å². The van der Waals surface area contributed by atoms with E-state index in [0.29, 0.717) is 24.1 Å². The molecule has 6 heteroatoms. The highest BCUT2D eigenvalue weighted by atomic mass is 16.5. The molecule has 4 aromatic rings. The first kappa shape index (κ1) is 26.9. The molecule has 1 amide bonds. The smallest absolute Gasteiger partial charge is 0.306 e. The van der Waals surface area contributed by atoms with Crippen molar-refractivity contribution >= 4 is 11.9 Å². The zero-order valence-electron chi connectivity index (χ0n) is 22.2. The second-order valence-corrected chi connectivity index (χ2v) is 10.1. The van der Waals surface area contributed by atoms with Crippen LogP contribution in [-0.2, 0) is 20.9 Å². The number of aliphatic hydroxyl groups is 1. The Morgan fingerprint density at radius 3 is 2.02 bits per heavy atom. The lowest BCUT2D eigenvalue weighted by molar-refractivity contribution is -0.145. The summed E-state index contributed by atoms with van der Waals surface area (Å²) < 4.78 is 4.83. The molecule has 4 aromatic carbocycles. The molecule has 0 saturated carbocycles. The molecule has 6 nitrogen and oxygen atoms in total. The summed E-state index contributed by atoms with van der Waals surface area (Å²) >= 11 is 0. The molecule has 1 aliphatic rings. The predicted octanol–water partition coefficient (Wildman–Crippen LogP) is 5.91. The first-order chi connectivity index (χ1) is 19.5. The molecule has 0 radical (unpaired) electrons. The molecule has 0 bridgehead atoms. The van der Waals surface area contributed by atoms with Gasteiger partial charge in [-0.2, -0.15) is 5.26 Å². The highest BCUT2D eigenvalue weighted by Gasteiger charge is 2.44. The van der Waals surface area contributed by atoms with Gasteiger partial charge in [0, 0.05) is 6.54 Å². The number of nitriles is 1. The summed E-state index contributed by atoms with van der Waals surface area (Å²) in [5, 5.41) is 20.5. The average Bonchev–Trinajstić information content (AvgIpc) is 3.31. The molecule has 0 spiro atoms. The summed E-state index contributed by atoms with van der Waals surface area (Å²) in [6.07, 6.45) is -0.584. The minimum Gasteiger partial charge on any atom is -0.469 e. The number of carbonyl (C=O) groups is 2. The number of amides is 1. The molecular weight excluding hydrogens is 500 g/mol. The predicted molar refractivity (Wildman–Crippen MR) is 153 cm³/mol. The van der Waals surface area contributed by atoms with Gasteiger partial charge in [-0.3, -0.25) is 9.59 Å². The molecule has 0 aliphatic carbocycles. The maximum absolute atomic E-state index is 13.5. The molecule has 1 fully saturated rings. The summed E-state index contributed by atoms with van der Waals surface area (Å²) in [6, 6.07) is 34.7. The second kappa shape index (κ2) is 12.0. The van der Waals surface area contributed by atoms with Crippen LogP contribution in [0.15, 0.2) is 103 Å². The van der Waals surface area contributed by atoms with Gasteiger partial charge in [0.2, 0.25) is 5.91 Å². The molecule has 0 aromatic heterocycles. The standard InChI is InChI=1S/C34H30N2O4/c1-40-32(37)20-30-19-31(33(38)29-17-15-28(16-18-29)27-11-7-23(21-35)8-12-27)36(34(30)39)22-24-9-13-26(14-10-24)25-5-3-2-4-6-25/h2-18,30-31,33,38H,19-20,22H2,1H3/t30-,31-,33?/m0/s1. The number of hydrogen-bond donors (Lipinski definition) is 1. The lowest BCUT2D eigenvalue weighted by Crippen LogP contribution is -2.37. The number of hydrogen-bond acceptors (Lipinski definition) is 5. The maximum Gasteiger partial charge on any atom is 0.306 e. The molecule has 200 valence electrons. The van der Waals surface area contributed by atoms with E-state index in [-0.39, 0.29) is 12.3 Å². The van der Waals surface area contributed by atoms with E-state index in [1.807, 2.05) is 78.9 Å². The fraction of sp³-hybridized carbons (Fsp3) is 0.206. The van der Waals surface area contributed by atoms with Crippen molar-refractivity contribution in [3.05, 3.63) is 120 Å². The van der Waals surface area contributed by atoms with Gasteiger partial charge < -0.3 is 14.7 Å². The number of carbonyl (C=O) groups excluding carboxylic acids is 2. The topological polar surface area (TPSA) is 90.6 Å². The van der Waals surface area contributed by atoms with E-state index in [1.165, 1.54) is 7.11 Å². The van der Waals surface area contributed by atoms with Gasteiger partial charge in [-0.05, 0) is 51.9 Å². The van der Waals surface area contributed by atoms with Gasteiger partial charge in [0.25, 0.3) is 0 Å². The van der Waals surface area contributed by atoms with Crippen molar-refractivity contribution in [3.8, 4) is 28.3 Å². The maximum atomic E-state index is 13.5. The number of aliphatic hydroxyl groups excluding tert-OH is 1. The third-order valence-electron chi connectivity index (χ3n) is 7.58. The number of esters is 1. The largest absolute Gasteiger partial charge is 0.469 e. The molecule has 1 aliphatic heterocycles. The highest BCUT2D eigenvalue weighted by Crippen LogP contribution is 2.37. The normalized spacial score (nSPS) is 17.3. The Labute approximate surface area is 234 Å². The Morgan fingerprint density at radius 1 is 0.900 bits per heavy atom. The van der Waals surface area contributed by atoms with Crippen LogP contribution in [0.1, 0.15) is 35.6 Å². The number of likely N-dealkylation sites (tertiary alicyclic amines) is 1. The fourth-order valence-electron chi connectivity index (χ4n) is 5.33. The summed E-state index contributed by atoms with van der Waals surface area (Å²) in [7, 11) is 1.32. The second-order valence-electron chi connectivity index (χ2n) is 10.1. The van der Waals surface area contributed by atoms with E-state index in [4.69, 9.17) is 10.00 Å². The van der Waals surface area contributed by atoms with Crippen molar-refractivity contribution in [2.75, 3.05) is 7.11 Å². The van der Waals surface area contributed by atoms with Crippen molar-refractivity contribution < 1.29 is 19.4 Å². The molecule has 3 atom stereocenters. The molecule has 1 heterocycles. The monoisotopic (exact) mass is 530 g/mol. The highest BCUT2D eigenvalue weighted by molar-refractivity contribution is 5.86. The first-order valence-corrected chi connectivity index (χ1v) is 13.3. The van der Waals surface area contributed by atoms with Crippen molar-refractivity contribution in [2.45, 2.75) is 31.5 Å². The Bertz CT molecular complexity index is 1510. The van der Waals surface area contributed by atoms with E-state index in [9.17, 15) is 14.7 Å². The molecule has 40 heavy (non-hydrogen) atoms. The summed E-state index contributed by atoms with van der Waals surface area (Å²) in [5.74, 6) is -1.14. The minimum absolute atomic E-state index is 0.0143. The van der Waals surface area contributed by atoms with Crippen LogP contribution in [0.5, 0.6) is 0 Å². The zero-order valence-corrected chi connectivity index (χ0v) is 22.2. The Balaban J connectivity index is 1.37. The van der Waals surface area contributed by atoms with Gasteiger partial charge in [0.15, 0.2) is 0 Å². The Kier molecular flexibility index (Phi) is 8.04. The Hall–Kier alpha value is -4.73. The molecular formula is C34H30N2O4. The molecule has 1 saturated heterocycles. The van der Waals surface area contributed by atoms with Gasteiger partial charge in [-0.15, -0.1) is 0 Å². The number of nitrogens with zero attached hydrogens (tertiary/aromatic N) is 2. The van der Waals surface area contributed by atoms with Gasteiger partial charge in [0.05, 0.1) is 43.2 Å². The minimum atomic E-state index is -0.926. The lowest BCUT2D eigenvalue weighted by Gasteiger charge is -2.29. The summed E-state index contributed by atoms with van der Waals surface area (Å²) in [5.41, 5.74) is 6.36. The van der Waals surface area contributed by atoms with E-state index >= 15 is 0 Å². The molecule has 1 unspecified atom stereocenters. The van der Waals surface area contributed by atoms with Crippen molar-refractivity contribution in [3.63, 3.8) is 0 Å². The number of rotatable bonds is 8. The van der Waals surface area contributed by atoms with Crippen LogP contribution in [0, 0.1) is 17.2 Å². The quantitative estimate of drug-likeness (QED) is 0.286. The van der Waals surface area contributed by atoms with Crippen molar-refractivity contribution in [1.82, 2.24) is 4.90 Å². The van der Waals surface area contributed by atoms with Crippen molar-refractivity contribution in [2.24, 2.45) is 5.92 Å². The summed E-state index contributed by atoms with van der Waals surface area (Å²) in [6.45, 7) is 0.330. The third-order valence-corrected chi connectivity index (χ3v) is 7.58. The summed E-state index contributed by atoms with van der Waals surface area (Å²) in [4.78, 5) is 27.2. The first-order valence-electron chi connectivity index (χ1n) is 13.3. The number of methoxy groups -OCH3 is 1. The van der Waals surface area contributed by atoms with Crippen LogP contribution >= 0.6 is 0 Å². The van der Waals surface area contributed by atoms with E-state index in [2.05, 4.69) is 18.2 Å². The van der Waals surface area contributed by atoms with Crippen LogP contribution in [-0.4, -0.2) is 35.0 Å². The van der Waals surface area contributed by atoms with Crippen LogP contribution in [0.4, 0.5) is 0 Å². The van der Waals surface area contributed by atoms with E-state index < -0.39 is 24.0 Å². The zero-order chi connectivity index (χ0) is 28.1. The van der Waals surface area contributed by atoms with Gasteiger partial charge in [-0.1, -0.05) is 91.0 Å². The van der Waals surface area contributed by atoms with Crippen LogP contribution in [0.3, 0.4) is 0 Å². The third kappa shape index (κ3) is 5.80. The number of benzene rings is 4. The van der Waals surface area contributed by atoms with Gasteiger partial charge in [-0.25, -0.2) is 0 Å². The number of ether oxygens (including phenoxy) is 1. The average molecular weight is 531 g/mol. The van der Waals surface area contributed by atoms with Crippen LogP contribution < -0.4 is 0 Å². The Morgan fingerprint density at radius 2 is 1.45 bits per heavy atom.